The topological polar surface area (TPSA) is 35.5 Å². The van der Waals surface area contributed by atoms with Crippen molar-refractivity contribution in [1.29, 1.82) is 0 Å². The fraction of sp³-hybridized carbons (Fsp3) is 0.167. The molecule has 0 spiro atoms. The highest BCUT2D eigenvalue weighted by Crippen LogP contribution is 2.24. The third kappa shape index (κ3) is 6.24. The van der Waals surface area contributed by atoms with Crippen molar-refractivity contribution in [2.24, 2.45) is 0 Å². The molecule has 0 saturated heterocycles. The van der Waals surface area contributed by atoms with Crippen molar-refractivity contribution in [3.63, 3.8) is 0 Å². The number of methoxy groups -OCH3 is 1. The summed E-state index contributed by atoms with van der Waals surface area (Å²) in [6.07, 6.45) is 5.32. The SMILES string of the molecule is CCc1ccc(OCc2cc(/C=C/C(=O)c3ccc(Cc4ccccc4)s3)ccc2OC)cc1. The van der Waals surface area contributed by atoms with Crippen LogP contribution in [0.1, 0.15) is 43.7 Å². The molecule has 0 aliphatic carbocycles. The Labute approximate surface area is 205 Å². The van der Waals surface area contributed by atoms with E-state index in [1.807, 2.05) is 66.7 Å². The van der Waals surface area contributed by atoms with E-state index in [2.05, 4.69) is 31.2 Å². The number of hydrogen-bond donors (Lipinski definition) is 0. The lowest BCUT2D eigenvalue weighted by molar-refractivity contribution is 0.105. The van der Waals surface area contributed by atoms with Gasteiger partial charge in [0.2, 0.25) is 0 Å². The quantitative estimate of drug-likeness (QED) is 0.180. The summed E-state index contributed by atoms with van der Waals surface area (Å²) >= 11 is 1.55. The number of aryl methyl sites for hydroxylation is 1. The Bertz CT molecular complexity index is 1250. The molecule has 4 rings (SSSR count). The summed E-state index contributed by atoms with van der Waals surface area (Å²) < 4.78 is 11.5. The first-order chi connectivity index (χ1) is 16.6. The van der Waals surface area contributed by atoms with Crippen LogP contribution in [0.5, 0.6) is 11.5 Å². The summed E-state index contributed by atoms with van der Waals surface area (Å²) in [6, 6.07) is 28.2. The molecule has 0 aliphatic rings. The van der Waals surface area contributed by atoms with Crippen molar-refractivity contribution in [2.45, 2.75) is 26.4 Å². The number of ether oxygens (including phenoxy) is 2. The average molecular weight is 469 g/mol. The Morgan fingerprint density at radius 3 is 2.44 bits per heavy atom. The number of hydrogen-bond acceptors (Lipinski definition) is 4. The van der Waals surface area contributed by atoms with Crippen molar-refractivity contribution in [1.82, 2.24) is 0 Å². The molecule has 0 unspecified atom stereocenters. The Morgan fingerprint density at radius 1 is 0.912 bits per heavy atom. The summed E-state index contributed by atoms with van der Waals surface area (Å²) in [5.41, 5.74) is 4.38. The van der Waals surface area contributed by atoms with E-state index in [9.17, 15) is 4.79 Å². The molecule has 172 valence electrons. The van der Waals surface area contributed by atoms with E-state index in [0.717, 1.165) is 40.3 Å². The van der Waals surface area contributed by atoms with Crippen molar-refractivity contribution < 1.29 is 14.3 Å². The first kappa shape index (κ1) is 23.5. The maximum absolute atomic E-state index is 12.7. The lowest BCUT2D eigenvalue weighted by Gasteiger charge is -2.11. The third-order valence-corrected chi connectivity index (χ3v) is 6.68. The smallest absolute Gasteiger partial charge is 0.195 e. The molecule has 0 bridgehead atoms. The van der Waals surface area contributed by atoms with Gasteiger partial charge in [0.05, 0.1) is 12.0 Å². The molecule has 4 heteroatoms. The maximum atomic E-state index is 12.7. The highest BCUT2D eigenvalue weighted by atomic mass is 32.1. The average Bonchev–Trinajstić information content (AvgIpc) is 3.35. The maximum Gasteiger partial charge on any atom is 0.195 e. The molecular weight excluding hydrogens is 440 g/mol. The van der Waals surface area contributed by atoms with E-state index in [-0.39, 0.29) is 5.78 Å². The lowest BCUT2D eigenvalue weighted by Crippen LogP contribution is -1.99. The van der Waals surface area contributed by atoms with Crippen LogP contribution in [-0.2, 0) is 19.4 Å². The van der Waals surface area contributed by atoms with Crippen molar-refractivity contribution >= 4 is 23.2 Å². The van der Waals surface area contributed by atoms with Gasteiger partial charge in [-0.3, -0.25) is 4.79 Å². The summed E-state index contributed by atoms with van der Waals surface area (Å²) in [6.45, 7) is 2.52. The molecule has 3 aromatic carbocycles. The molecule has 1 aromatic heterocycles. The molecule has 0 saturated carbocycles. The van der Waals surface area contributed by atoms with E-state index in [1.54, 1.807) is 24.5 Å². The third-order valence-electron chi connectivity index (χ3n) is 5.58. The molecule has 34 heavy (non-hydrogen) atoms. The number of benzene rings is 3. The van der Waals surface area contributed by atoms with E-state index in [0.29, 0.717) is 6.61 Å². The van der Waals surface area contributed by atoms with E-state index in [1.165, 1.54) is 16.0 Å². The molecule has 0 atom stereocenters. The van der Waals surface area contributed by atoms with Crippen LogP contribution in [0, 0.1) is 0 Å². The van der Waals surface area contributed by atoms with Crippen LogP contribution in [0.25, 0.3) is 6.08 Å². The zero-order valence-corrected chi connectivity index (χ0v) is 20.3. The van der Waals surface area contributed by atoms with Gasteiger partial charge >= 0.3 is 0 Å². The summed E-state index contributed by atoms with van der Waals surface area (Å²) in [7, 11) is 1.65. The number of ketones is 1. The Morgan fingerprint density at radius 2 is 1.71 bits per heavy atom. The van der Waals surface area contributed by atoms with Gasteiger partial charge in [-0.25, -0.2) is 0 Å². The van der Waals surface area contributed by atoms with Crippen LogP contribution in [0.3, 0.4) is 0 Å². The minimum atomic E-state index is 0.00828. The molecule has 4 aromatic rings. The minimum absolute atomic E-state index is 0.00828. The largest absolute Gasteiger partial charge is 0.496 e. The van der Waals surface area contributed by atoms with Gasteiger partial charge in [0.1, 0.15) is 18.1 Å². The van der Waals surface area contributed by atoms with Gasteiger partial charge < -0.3 is 9.47 Å². The van der Waals surface area contributed by atoms with Crippen molar-refractivity contribution in [2.75, 3.05) is 7.11 Å². The van der Waals surface area contributed by atoms with E-state index >= 15 is 0 Å². The van der Waals surface area contributed by atoms with Gasteiger partial charge in [-0.2, -0.15) is 0 Å². The Kier molecular flexibility index (Phi) is 7.95. The molecule has 1 heterocycles. The van der Waals surface area contributed by atoms with Crippen molar-refractivity contribution in [3.05, 3.63) is 123 Å². The molecule has 0 fully saturated rings. The standard InChI is InChI=1S/C30H28O3S/c1-3-22-9-13-26(14-10-22)33-21-25-19-24(12-17-29(25)32-2)11-16-28(31)30-18-15-27(34-30)20-23-7-5-4-6-8-23/h4-19H,3,20-21H2,1-2H3/b16-11+. The number of rotatable bonds is 10. The summed E-state index contributed by atoms with van der Waals surface area (Å²) in [5.74, 6) is 1.59. The van der Waals surface area contributed by atoms with Gasteiger partial charge in [-0.05, 0) is 65.6 Å². The number of carbonyl (C=O) groups is 1. The van der Waals surface area contributed by atoms with Gasteiger partial charge in [0.15, 0.2) is 5.78 Å². The van der Waals surface area contributed by atoms with Gasteiger partial charge in [-0.15, -0.1) is 11.3 Å². The predicted molar refractivity (Wildman–Crippen MR) is 140 cm³/mol. The second-order valence-corrected chi connectivity index (χ2v) is 9.15. The molecule has 0 N–H and O–H groups in total. The van der Waals surface area contributed by atoms with Crippen LogP contribution in [-0.4, -0.2) is 12.9 Å². The van der Waals surface area contributed by atoms with Crippen LogP contribution in [0.15, 0.2) is 91.0 Å². The first-order valence-corrected chi connectivity index (χ1v) is 12.2. The zero-order valence-electron chi connectivity index (χ0n) is 19.5. The van der Waals surface area contributed by atoms with Crippen LogP contribution >= 0.6 is 11.3 Å². The fourth-order valence-corrected chi connectivity index (χ4v) is 4.62. The van der Waals surface area contributed by atoms with Crippen LogP contribution in [0.4, 0.5) is 0 Å². The lowest BCUT2D eigenvalue weighted by atomic mass is 10.1. The number of thiophene rings is 1. The molecule has 0 aliphatic heterocycles. The summed E-state index contributed by atoms with van der Waals surface area (Å²) in [5, 5.41) is 0. The first-order valence-electron chi connectivity index (χ1n) is 11.4. The van der Waals surface area contributed by atoms with Crippen LogP contribution in [0.2, 0.25) is 0 Å². The highest BCUT2D eigenvalue weighted by molar-refractivity contribution is 7.14. The Hall–Kier alpha value is -3.63. The van der Waals surface area contributed by atoms with E-state index in [4.69, 9.17) is 9.47 Å². The minimum Gasteiger partial charge on any atom is -0.496 e. The molecule has 0 amide bonds. The molecule has 0 radical (unpaired) electrons. The highest BCUT2D eigenvalue weighted by Gasteiger charge is 2.09. The predicted octanol–water partition coefficient (Wildman–Crippen LogP) is 7.39. The molecular formula is C30H28O3S. The normalized spacial score (nSPS) is 11.0. The zero-order chi connectivity index (χ0) is 23.8. The second kappa shape index (κ2) is 11.5. The fourth-order valence-electron chi connectivity index (χ4n) is 3.65. The monoisotopic (exact) mass is 468 g/mol. The summed E-state index contributed by atoms with van der Waals surface area (Å²) in [4.78, 5) is 14.7. The molecule has 3 nitrogen and oxygen atoms in total. The Balaban J connectivity index is 1.41. The van der Waals surface area contributed by atoms with Crippen molar-refractivity contribution in [3.8, 4) is 11.5 Å². The van der Waals surface area contributed by atoms with Gasteiger partial charge in [0, 0.05) is 16.9 Å². The van der Waals surface area contributed by atoms with E-state index < -0.39 is 0 Å². The van der Waals surface area contributed by atoms with Crippen LogP contribution < -0.4 is 9.47 Å². The second-order valence-electron chi connectivity index (χ2n) is 7.98. The van der Waals surface area contributed by atoms with Gasteiger partial charge in [0.25, 0.3) is 0 Å². The number of allylic oxidation sites excluding steroid dienone is 1. The van der Waals surface area contributed by atoms with Gasteiger partial charge in [-0.1, -0.05) is 61.5 Å². The number of carbonyl (C=O) groups excluding carboxylic acids is 1.